The number of rotatable bonds is 5. The number of nitrogens with zero attached hydrogens (tertiary/aromatic N) is 4. The van der Waals surface area contributed by atoms with Gasteiger partial charge in [0.15, 0.2) is 0 Å². The molecule has 0 atom stereocenters. The Morgan fingerprint density at radius 2 is 2.00 bits per heavy atom. The molecule has 0 unspecified atom stereocenters. The molecule has 3 aromatic rings. The minimum absolute atomic E-state index is 0.150. The smallest absolute Gasteiger partial charge is 0.318 e. The molecule has 0 saturated carbocycles. The molecule has 11 heteroatoms. The molecule has 0 bridgehead atoms. The van der Waals surface area contributed by atoms with Gasteiger partial charge in [0, 0.05) is 17.8 Å². The molecule has 1 aromatic heterocycles. The summed E-state index contributed by atoms with van der Waals surface area (Å²) in [6.07, 6.45) is 1.10. The SMILES string of the molecule is COc1ccc2nc(/N=C/c3cc([N+](=O)[O-])cc([N+](=O)[O-])c3O)sc2c1. The van der Waals surface area contributed by atoms with E-state index in [9.17, 15) is 25.3 Å². The van der Waals surface area contributed by atoms with E-state index < -0.39 is 27.0 Å². The van der Waals surface area contributed by atoms with Gasteiger partial charge in [-0.15, -0.1) is 0 Å². The van der Waals surface area contributed by atoms with Gasteiger partial charge in [0.2, 0.25) is 10.9 Å². The van der Waals surface area contributed by atoms with E-state index in [4.69, 9.17) is 4.74 Å². The number of nitro benzene ring substituents is 2. The van der Waals surface area contributed by atoms with Gasteiger partial charge in [-0.2, -0.15) is 0 Å². The van der Waals surface area contributed by atoms with Crippen molar-refractivity contribution in [1.82, 2.24) is 4.98 Å². The Bertz CT molecular complexity index is 1060. The van der Waals surface area contributed by atoms with Crippen LogP contribution in [0.3, 0.4) is 0 Å². The number of fused-ring (bicyclic) bond motifs is 1. The first-order valence-corrected chi connectivity index (χ1v) is 7.85. The Balaban J connectivity index is 2.02. The summed E-state index contributed by atoms with van der Waals surface area (Å²) in [6.45, 7) is 0. The van der Waals surface area contributed by atoms with Gasteiger partial charge in [0.05, 0.1) is 33.2 Å². The highest BCUT2D eigenvalue weighted by molar-refractivity contribution is 7.22. The van der Waals surface area contributed by atoms with Gasteiger partial charge >= 0.3 is 5.69 Å². The number of nitro groups is 2. The number of hydrogen-bond donors (Lipinski definition) is 1. The molecule has 2 aromatic carbocycles. The van der Waals surface area contributed by atoms with E-state index in [2.05, 4.69) is 9.98 Å². The van der Waals surface area contributed by atoms with Crippen LogP contribution in [0.5, 0.6) is 11.5 Å². The quantitative estimate of drug-likeness (QED) is 0.408. The van der Waals surface area contributed by atoms with Crippen molar-refractivity contribution in [3.63, 3.8) is 0 Å². The molecule has 26 heavy (non-hydrogen) atoms. The molecular weight excluding hydrogens is 364 g/mol. The Labute approximate surface area is 149 Å². The molecule has 0 fully saturated rings. The molecule has 0 saturated heterocycles. The van der Waals surface area contributed by atoms with Gasteiger partial charge in [-0.05, 0) is 18.2 Å². The normalized spacial score (nSPS) is 11.1. The summed E-state index contributed by atoms with van der Waals surface area (Å²) < 4.78 is 5.94. The van der Waals surface area contributed by atoms with Crippen LogP contribution in [0.15, 0.2) is 35.3 Å². The first kappa shape index (κ1) is 17.2. The fourth-order valence-electron chi connectivity index (χ4n) is 2.17. The monoisotopic (exact) mass is 374 g/mol. The van der Waals surface area contributed by atoms with E-state index >= 15 is 0 Å². The topological polar surface area (TPSA) is 141 Å². The molecule has 1 N–H and O–H groups in total. The third-order valence-corrected chi connectivity index (χ3v) is 4.34. The minimum atomic E-state index is -0.899. The maximum atomic E-state index is 11.0. The highest BCUT2D eigenvalue weighted by Crippen LogP contribution is 2.35. The third kappa shape index (κ3) is 3.28. The van der Waals surface area contributed by atoms with Crippen LogP contribution in [-0.2, 0) is 0 Å². The second kappa shape index (κ2) is 6.72. The maximum Gasteiger partial charge on any atom is 0.318 e. The zero-order valence-corrected chi connectivity index (χ0v) is 14.0. The second-order valence-electron chi connectivity index (χ2n) is 5.01. The summed E-state index contributed by atoms with van der Waals surface area (Å²) in [5.41, 5.74) is -0.764. The number of phenols is 1. The van der Waals surface area contributed by atoms with E-state index in [-0.39, 0.29) is 5.56 Å². The number of aromatic hydroxyl groups is 1. The molecule has 132 valence electrons. The largest absolute Gasteiger partial charge is 0.502 e. The lowest BCUT2D eigenvalue weighted by atomic mass is 10.1. The van der Waals surface area contributed by atoms with E-state index in [1.54, 1.807) is 25.3 Å². The summed E-state index contributed by atoms with van der Waals surface area (Å²) in [4.78, 5) is 28.5. The van der Waals surface area contributed by atoms with Crippen molar-refractivity contribution in [3.8, 4) is 11.5 Å². The highest BCUT2D eigenvalue weighted by atomic mass is 32.1. The summed E-state index contributed by atoms with van der Waals surface area (Å²) in [5.74, 6) is -0.0456. The van der Waals surface area contributed by atoms with E-state index in [0.29, 0.717) is 22.5 Å². The lowest BCUT2D eigenvalue weighted by molar-refractivity contribution is -0.394. The predicted octanol–water partition coefficient (Wildman–Crippen LogP) is 3.58. The number of aliphatic imine (C=N–C) groups is 1. The Kier molecular flexibility index (Phi) is 4.45. The van der Waals surface area contributed by atoms with Crippen molar-refractivity contribution >= 4 is 44.3 Å². The first-order valence-electron chi connectivity index (χ1n) is 7.03. The van der Waals surface area contributed by atoms with Crippen LogP contribution < -0.4 is 4.74 Å². The van der Waals surface area contributed by atoms with E-state index in [1.165, 1.54) is 11.3 Å². The van der Waals surface area contributed by atoms with Gasteiger partial charge in [0.25, 0.3) is 5.69 Å². The van der Waals surface area contributed by atoms with Crippen LogP contribution in [0.25, 0.3) is 10.2 Å². The lowest BCUT2D eigenvalue weighted by Gasteiger charge is -2.00. The molecule has 1 heterocycles. The van der Waals surface area contributed by atoms with Crippen molar-refractivity contribution < 1.29 is 19.7 Å². The minimum Gasteiger partial charge on any atom is -0.502 e. The van der Waals surface area contributed by atoms with Crippen LogP contribution in [0, 0.1) is 20.2 Å². The fourth-order valence-corrected chi connectivity index (χ4v) is 3.01. The van der Waals surface area contributed by atoms with E-state index in [0.717, 1.165) is 17.0 Å². The molecule has 10 nitrogen and oxygen atoms in total. The number of thiazole rings is 1. The van der Waals surface area contributed by atoms with Crippen LogP contribution >= 0.6 is 11.3 Å². The summed E-state index contributed by atoms with van der Waals surface area (Å²) in [5, 5.41) is 32.2. The average molecular weight is 374 g/mol. The van der Waals surface area contributed by atoms with Crippen LogP contribution in [0.2, 0.25) is 0 Å². The fraction of sp³-hybridized carbons (Fsp3) is 0.0667. The second-order valence-corrected chi connectivity index (χ2v) is 6.01. The summed E-state index contributed by atoms with van der Waals surface area (Å²) >= 11 is 1.23. The van der Waals surface area contributed by atoms with Crippen molar-refractivity contribution in [1.29, 1.82) is 0 Å². The van der Waals surface area contributed by atoms with Crippen molar-refractivity contribution in [3.05, 3.63) is 56.1 Å². The number of benzene rings is 2. The highest BCUT2D eigenvalue weighted by Gasteiger charge is 2.23. The van der Waals surface area contributed by atoms with Gasteiger partial charge in [0.1, 0.15) is 5.75 Å². The zero-order chi connectivity index (χ0) is 18.8. The van der Waals surface area contributed by atoms with E-state index in [1.807, 2.05) is 0 Å². The summed E-state index contributed by atoms with van der Waals surface area (Å²) in [7, 11) is 1.54. The molecule has 0 radical (unpaired) electrons. The van der Waals surface area contributed by atoms with Crippen molar-refractivity contribution in [2.24, 2.45) is 4.99 Å². The average Bonchev–Trinajstić information content (AvgIpc) is 3.02. The Hall–Kier alpha value is -3.60. The standard InChI is InChI=1S/C15H10N4O6S/c1-25-10-2-3-11-13(6-10)26-15(17-11)16-7-8-4-9(18(21)22)5-12(14(8)20)19(23)24/h2-7,20H,1H3/b16-7+. The molecule has 0 spiro atoms. The van der Waals surface area contributed by atoms with Crippen molar-refractivity contribution in [2.75, 3.05) is 7.11 Å². The first-order chi connectivity index (χ1) is 12.4. The lowest BCUT2D eigenvalue weighted by Crippen LogP contribution is -1.96. The molecule has 3 rings (SSSR count). The number of aromatic nitrogens is 1. The number of hydrogen-bond acceptors (Lipinski definition) is 9. The predicted molar refractivity (Wildman–Crippen MR) is 94.8 cm³/mol. The molecular formula is C15H10N4O6S. The van der Waals surface area contributed by atoms with Crippen LogP contribution in [0.4, 0.5) is 16.5 Å². The number of non-ortho nitro benzene ring substituents is 1. The maximum absolute atomic E-state index is 11.0. The van der Waals surface area contributed by atoms with Crippen LogP contribution in [-0.4, -0.2) is 33.3 Å². The molecule has 0 aliphatic rings. The van der Waals surface area contributed by atoms with Gasteiger partial charge in [-0.3, -0.25) is 20.2 Å². The molecule has 0 amide bonds. The molecule has 0 aliphatic carbocycles. The Morgan fingerprint density at radius 1 is 1.23 bits per heavy atom. The van der Waals surface area contributed by atoms with Crippen molar-refractivity contribution in [2.45, 2.75) is 0 Å². The summed E-state index contributed by atoms with van der Waals surface area (Å²) in [6, 6.07) is 6.96. The van der Waals surface area contributed by atoms with Gasteiger partial charge in [-0.25, -0.2) is 9.98 Å². The zero-order valence-electron chi connectivity index (χ0n) is 13.1. The number of ether oxygens (including phenoxy) is 1. The number of phenolic OH excluding ortho intramolecular Hbond substituents is 1. The third-order valence-electron chi connectivity index (χ3n) is 3.41. The van der Waals surface area contributed by atoms with Gasteiger partial charge < -0.3 is 9.84 Å². The number of methoxy groups -OCH3 is 1. The molecule has 0 aliphatic heterocycles. The Morgan fingerprint density at radius 3 is 2.65 bits per heavy atom. The van der Waals surface area contributed by atoms with Gasteiger partial charge in [-0.1, -0.05) is 11.3 Å². The van der Waals surface area contributed by atoms with Crippen LogP contribution in [0.1, 0.15) is 5.56 Å².